The average molecular weight is 303 g/mol. The van der Waals surface area contributed by atoms with E-state index in [1.165, 1.54) is 17.3 Å². The highest BCUT2D eigenvalue weighted by Crippen LogP contribution is 2.18. The third kappa shape index (κ3) is 5.40. The molecule has 4 heteroatoms. The molecule has 0 amide bonds. The van der Waals surface area contributed by atoms with Gasteiger partial charge in [-0.3, -0.25) is 0 Å². The van der Waals surface area contributed by atoms with E-state index in [9.17, 15) is 5.11 Å². The zero-order chi connectivity index (χ0) is 15.1. The van der Waals surface area contributed by atoms with Crippen LogP contribution in [0.1, 0.15) is 18.1 Å². The molecule has 3 nitrogen and oxygen atoms in total. The number of hydrogen-bond donors (Lipinski definition) is 1. The third-order valence-electron chi connectivity index (χ3n) is 3.06. The van der Waals surface area contributed by atoms with E-state index >= 15 is 0 Å². The maximum atomic E-state index is 9.98. The molecule has 0 aliphatic carbocycles. The van der Waals surface area contributed by atoms with Gasteiger partial charge in [0.15, 0.2) is 0 Å². The van der Waals surface area contributed by atoms with Gasteiger partial charge in [0, 0.05) is 11.9 Å². The molecule has 0 saturated heterocycles. The molecule has 2 rings (SSSR count). The maximum absolute atomic E-state index is 9.98. The van der Waals surface area contributed by atoms with Crippen LogP contribution in [0.15, 0.2) is 47.6 Å². The molecular formula is C17H21NO2S. The lowest BCUT2D eigenvalue weighted by molar-refractivity contribution is 0.126. The monoisotopic (exact) mass is 303 g/mol. The molecule has 1 heterocycles. The Hall–Kier alpha value is -1.52. The van der Waals surface area contributed by atoms with Crippen LogP contribution in [-0.4, -0.2) is 28.6 Å². The second-order valence-corrected chi connectivity index (χ2v) is 5.99. The molecular weight excluding hydrogens is 282 g/mol. The van der Waals surface area contributed by atoms with Crippen molar-refractivity contribution in [3.8, 4) is 5.75 Å². The van der Waals surface area contributed by atoms with Crippen LogP contribution in [0.4, 0.5) is 0 Å². The van der Waals surface area contributed by atoms with Crippen molar-refractivity contribution >= 4 is 11.8 Å². The van der Waals surface area contributed by atoms with Gasteiger partial charge < -0.3 is 9.84 Å². The van der Waals surface area contributed by atoms with Crippen LogP contribution in [0.5, 0.6) is 5.75 Å². The summed E-state index contributed by atoms with van der Waals surface area (Å²) in [4.78, 5) is 4.30. The Bertz CT molecular complexity index is 557. The number of aliphatic hydroxyl groups excluding tert-OH is 1. The Kier molecular flexibility index (Phi) is 6.08. The van der Waals surface area contributed by atoms with E-state index in [4.69, 9.17) is 4.74 Å². The summed E-state index contributed by atoms with van der Waals surface area (Å²) < 4.78 is 5.63. The fourth-order valence-corrected chi connectivity index (χ4v) is 2.57. The third-order valence-corrected chi connectivity index (χ3v) is 4.15. The standard InChI is InChI=1S/C17H21NO2S/c1-3-14-5-4-6-16(9-14)20-11-15(19)12-21-17-8-7-13(2)10-18-17/h4-10,15,19H,3,11-12H2,1-2H3. The van der Waals surface area contributed by atoms with Crippen molar-refractivity contribution in [3.05, 3.63) is 53.7 Å². The van der Waals surface area contributed by atoms with Gasteiger partial charge in [-0.25, -0.2) is 4.98 Å². The number of rotatable bonds is 7. The van der Waals surface area contributed by atoms with Crippen molar-refractivity contribution < 1.29 is 9.84 Å². The van der Waals surface area contributed by atoms with Crippen molar-refractivity contribution in [2.24, 2.45) is 0 Å². The van der Waals surface area contributed by atoms with Crippen molar-refractivity contribution in [3.63, 3.8) is 0 Å². The molecule has 0 spiro atoms. The molecule has 1 N–H and O–H groups in total. The molecule has 0 aliphatic heterocycles. The first-order valence-corrected chi connectivity index (χ1v) is 8.11. The second kappa shape index (κ2) is 8.05. The molecule has 1 aromatic carbocycles. The number of pyridine rings is 1. The van der Waals surface area contributed by atoms with Gasteiger partial charge in [0.2, 0.25) is 0 Å². The first kappa shape index (κ1) is 15.9. The SMILES string of the molecule is CCc1cccc(OCC(O)CSc2ccc(C)cn2)c1. The van der Waals surface area contributed by atoms with Crippen LogP contribution in [0, 0.1) is 6.92 Å². The minimum atomic E-state index is -0.511. The predicted molar refractivity (Wildman–Crippen MR) is 87.0 cm³/mol. The number of aryl methyl sites for hydroxylation is 2. The summed E-state index contributed by atoms with van der Waals surface area (Å²) in [7, 11) is 0. The Morgan fingerprint density at radius 2 is 2.14 bits per heavy atom. The lowest BCUT2D eigenvalue weighted by atomic mass is 10.2. The molecule has 0 aliphatic rings. The van der Waals surface area contributed by atoms with Crippen LogP contribution in [0.2, 0.25) is 0 Å². The largest absolute Gasteiger partial charge is 0.491 e. The molecule has 0 radical (unpaired) electrons. The molecule has 0 bridgehead atoms. The zero-order valence-electron chi connectivity index (χ0n) is 12.5. The Morgan fingerprint density at radius 1 is 1.29 bits per heavy atom. The number of aliphatic hydroxyl groups is 1. The van der Waals surface area contributed by atoms with E-state index in [1.807, 2.05) is 43.5 Å². The van der Waals surface area contributed by atoms with Crippen molar-refractivity contribution in [1.29, 1.82) is 0 Å². The zero-order valence-corrected chi connectivity index (χ0v) is 13.3. The predicted octanol–water partition coefficient (Wildman–Crippen LogP) is 3.48. The van der Waals surface area contributed by atoms with Gasteiger partial charge in [-0.1, -0.05) is 25.1 Å². The lowest BCUT2D eigenvalue weighted by Gasteiger charge is -2.12. The van der Waals surface area contributed by atoms with E-state index in [2.05, 4.69) is 18.0 Å². The van der Waals surface area contributed by atoms with Crippen LogP contribution in [0.3, 0.4) is 0 Å². The van der Waals surface area contributed by atoms with Gasteiger partial charge in [-0.2, -0.15) is 0 Å². The summed E-state index contributed by atoms with van der Waals surface area (Å²) in [5.41, 5.74) is 2.37. The summed E-state index contributed by atoms with van der Waals surface area (Å²) in [6, 6.07) is 12.0. The molecule has 2 aromatic rings. The number of nitrogens with zero attached hydrogens (tertiary/aromatic N) is 1. The molecule has 112 valence electrons. The Labute approximate surface area is 130 Å². The van der Waals surface area contributed by atoms with Crippen molar-refractivity contribution in [2.75, 3.05) is 12.4 Å². The van der Waals surface area contributed by atoms with Gasteiger partial charge in [-0.05, 0) is 42.7 Å². The van der Waals surface area contributed by atoms with Crippen LogP contribution >= 0.6 is 11.8 Å². The van der Waals surface area contributed by atoms with Crippen molar-refractivity contribution in [2.45, 2.75) is 31.4 Å². The number of aromatic nitrogens is 1. The van der Waals surface area contributed by atoms with Crippen LogP contribution in [0.25, 0.3) is 0 Å². The molecule has 0 fully saturated rings. The van der Waals surface area contributed by atoms with E-state index < -0.39 is 6.10 Å². The van der Waals surface area contributed by atoms with Crippen LogP contribution in [-0.2, 0) is 6.42 Å². The summed E-state index contributed by atoms with van der Waals surface area (Å²) in [5.74, 6) is 1.38. The van der Waals surface area contributed by atoms with Gasteiger partial charge in [0.1, 0.15) is 12.4 Å². The summed E-state index contributed by atoms with van der Waals surface area (Å²) in [6.45, 7) is 4.42. The summed E-state index contributed by atoms with van der Waals surface area (Å²) in [6.07, 6.45) is 2.30. The van der Waals surface area contributed by atoms with Gasteiger partial charge >= 0.3 is 0 Å². The normalized spacial score (nSPS) is 12.1. The van der Waals surface area contributed by atoms with Crippen LogP contribution < -0.4 is 4.74 Å². The number of ether oxygens (including phenoxy) is 1. The minimum absolute atomic E-state index is 0.298. The van der Waals surface area contributed by atoms with Gasteiger partial charge in [0.05, 0.1) is 11.1 Å². The van der Waals surface area contributed by atoms with Crippen molar-refractivity contribution in [1.82, 2.24) is 4.98 Å². The molecule has 1 unspecified atom stereocenters. The highest BCUT2D eigenvalue weighted by Gasteiger charge is 2.07. The summed E-state index contributed by atoms with van der Waals surface area (Å²) in [5, 5.41) is 10.9. The first-order chi connectivity index (χ1) is 10.2. The lowest BCUT2D eigenvalue weighted by Crippen LogP contribution is -2.20. The van der Waals surface area contributed by atoms with Gasteiger partial charge in [0.25, 0.3) is 0 Å². The minimum Gasteiger partial charge on any atom is -0.491 e. The first-order valence-electron chi connectivity index (χ1n) is 7.12. The van der Waals surface area contributed by atoms with E-state index in [0.29, 0.717) is 12.4 Å². The number of benzene rings is 1. The fourth-order valence-electron chi connectivity index (χ4n) is 1.82. The molecule has 1 atom stereocenters. The highest BCUT2D eigenvalue weighted by molar-refractivity contribution is 7.99. The van der Waals surface area contributed by atoms with Gasteiger partial charge in [-0.15, -0.1) is 11.8 Å². The quantitative estimate of drug-likeness (QED) is 0.795. The fraction of sp³-hybridized carbons (Fsp3) is 0.353. The Morgan fingerprint density at radius 3 is 2.86 bits per heavy atom. The Balaban J connectivity index is 1.76. The number of thioether (sulfide) groups is 1. The molecule has 21 heavy (non-hydrogen) atoms. The maximum Gasteiger partial charge on any atom is 0.119 e. The smallest absolute Gasteiger partial charge is 0.119 e. The molecule has 0 saturated carbocycles. The molecule has 1 aromatic heterocycles. The second-order valence-electron chi connectivity index (χ2n) is 4.95. The number of hydrogen-bond acceptors (Lipinski definition) is 4. The van der Waals surface area contributed by atoms with E-state index in [0.717, 1.165) is 22.8 Å². The topological polar surface area (TPSA) is 42.4 Å². The highest BCUT2D eigenvalue weighted by atomic mass is 32.2. The van der Waals surface area contributed by atoms with E-state index in [1.54, 1.807) is 0 Å². The summed E-state index contributed by atoms with van der Waals surface area (Å²) >= 11 is 1.54. The van der Waals surface area contributed by atoms with E-state index in [-0.39, 0.29) is 0 Å². The average Bonchev–Trinajstić information content (AvgIpc) is 2.52.